The fraction of sp³-hybridized carbons (Fsp3) is 0.0625. The number of hydrogen-bond acceptors (Lipinski definition) is 3. The molecule has 0 atom stereocenters. The van der Waals surface area contributed by atoms with E-state index in [9.17, 15) is 9.18 Å². The molecule has 2 aromatic carbocycles. The summed E-state index contributed by atoms with van der Waals surface area (Å²) in [4.78, 5) is 12.1. The average molecular weight is 305 g/mol. The van der Waals surface area contributed by atoms with E-state index in [2.05, 4.69) is 0 Å². The van der Waals surface area contributed by atoms with Crippen LogP contribution in [0.1, 0.15) is 10.4 Å². The van der Waals surface area contributed by atoms with Crippen LogP contribution in [0.25, 0.3) is 11.0 Å². The van der Waals surface area contributed by atoms with Gasteiger partial charge in [-0.15, -0.1) is 0 Å². The number of rotatable bonds is 4. The molecule has 3 nitrogen and oxygen atoms in total. The second-order valence-electron chi connectivity index (χ2n) is 4.43. The number of Topliss-reactive ketones (excluding diaryl/α,β-unsaturated/α-hetero) is 1. The van der Waals surface area contributed by atoms with Crippen molar-refractivity contribution in [2.75, 3.05) is 6.61 Å². The number of fused-ring (bicyclic) bond motifs is 1. The fourth-order valence-corrected chi connectivity index (χ4v) is 2.10. The van der Waals surface area contributed by atoms with Gasteiger partial charge >= 0.3 is 0 Å². The van der Waals surface area contributed by atoms with Gasteiger partial charge in [0.05, 0.1) is 10.6 Å². The largest absolute Gasteiger partial charge is 0.485 e. The van der Waals surface area contributed by atoms with E-state index in [4.69, 9.17) is 20.8 Å². The van der Waals surface area contributed by atoms with Gasteiger partial charge in [0.2, 0.25) is 5.78 Å². The van der Waals surface area contributed by atoms with Gasteiger partial charge in [-0.25, -0.2) is 4.39 Å². The van der Waals surface area contributed by atoms with Crippen molar-refractivity contribution in [2.24, 2.45) is 0 Å². The van der Waals surface area contributed by atoms with Crippen LogP contribution >= 0.6 is 11.6 Å². The third-order valence-electron chi connectivity index (χ3n) is 3.04. The molecule has 1 heterocycles. The minimum Gasteiger partial charge on any atom is -0.485 e. The highest BCUT2D eigenvalue weighted by atomic mass is 35.5. The Morgan fingerprint density at radius 1 is 1.24 bits per heavy atom. The van der Waals surface area contributed by atoms with Gasteiger partial charge < -0.3 is 9.15 Å². The molecule has 0 fully saturated rings. The second kappa shape index (κ2) is 5.58. The Morgan fingerprint density at radius 3 is 2.86 bits per heavy atom. The number of ketones is 1. The van der Waals surface area contributed by atoms with E-state index in [0.717, 1.165) is 11.5 Å². The topological polar surface area (TPSA) is 39.4 Å². The number of ether oxygens (including phenoxy) is 1. The zero-order valence-corrected chi connectivity index (χ0v) is 11.6. The number of carbonyl (C=O) groups is 1. The van der Waals surface area contributed by atoms with Crippen molar-refractivity contribution in [1.82, 2.24) is 0 Å². The van der Waals surface area contributed by atoms with Gasteiger partial charge in [0.25, 0.3) is 0 Å². The standard InChI is InChI=1S/C16H10ClFO3/c17-13-6-5-10(7-14(13)18)20-9-15(19)12-8-21-16-4-2-1-3-11(12)16/h1-8H,9H2. The van der Waals surface area contributed by atoms with Gasteiger partial charge in [0.1, 0.15) is 23.4 Å². The summed E-state index contributed by atoms with van der Waals surface area (Å²) in [5.74, 6) is -0.580. The zero-order chi connectivity index (χ0) is 14.8. The van der Waals surface area contributed by atoms with Gasteiger partial charge in [-0.2, -0.15) is 0 Å². The van der Waals surface area contributed by atoms with Crippen LogP contribution < -0.4 is 4.74 Å². The van der Waals surface area contributed by atoms with Crippen molar-refractivity contribution in [3.05, 3.63) is 65.1 Å². The molecule has 0 saturated heterocycles. The third-order valence-corrected chi connectivity index (χ3v) is 3.35. The Balaban J connectivity index is 1.76. The molecule has 0 aliphatic heterocycles. The van der Waals surface area contributed by atoms with Gasteiger partial charge in [0, 0.05) is 11.5 Å². The second-order valence-corrected chi connectivity index (χ2v) is 4.84. The lowest BCUT2D eigenvalue weighted by Crippen LogP contribution is -2.11. The summed E-state index contributed by atoms with van der Waals surface area (Å²) >= 11 is 5.58. The predicted octanol–water partition coefficient (Wildman–Crippen LogP) is 4.49. The first-order valence-corrected chi connectivity index (χ1v) is 6.60. The van der Waals surface area contributed by atoms with Crippen molar-refractivity contribution < 1.29 is 18.3 Å². The Hall–Kier alpha value is -2.33. The maximum atomic E-state index is 13.3. The van der Waals surface area contributed by atoms with Crippen LogP contribution in [-0.2, 0) is 0 Å². The molecule has 5 heteroatoms. The molecule has 0 N–H and O–H groups in total. The quantitative estimate of drug-likeness (QED) is 0.667. The summed E-state index contributed by atoms with van der Waals surface area (Å²) in [5, 5.41) is 0.739. The summed E-state index contributed by atoms with van der Waals surface area (Å²) in [5.41, 5.74) is 1.08. The lowest BCUT2D eigenvalue weighted by Gasteiger charge is -2.05. The molecule has 0 unspecified atom stereocenters. The molecule has 0 aliphatic rings. The van der Waals surface area contributed by atoms with Crippen LogP contribution in [0.15, 0.2) is 53.1 Å². The molecule has 0 aliphatic carbocycles. The van der Waals surface area contributed by atoms with Crippen LogP contribution in [-0.4, -0.2) is 12.4 Å². The number of furan rings is 1. The lowest BCUT2D eigenvalue weighted by atomic mass is 10.1. The number of carbonyl (C=O) groups excluding carboxylic acids is 1. The monoisotopic (exact) mass is 304 g/mol. The number of para-hydroxylation sites is 1. The first kappa shape index (κ1) is 13.6. The van der Waals surface area contributed by atoms with Gasteiger partial charge in [0.15, 0.2) is 6.61 Å². The number of hydrogen-bond donors (Lipinski definition) is 0. The molecule has 0 amide bonds. The smallest absolute Gasteiger partial charge is 0.204 e. The van der Waals surface area contributed by atoms with E-state index in [-0.39, 0.29) is 23.2 Å². The van der Waals surface area contributed by atoms with Crippen molar-refractivity contribution in [3.8, 4) is 5.75 Å². The molecule has 106 valence electrons. The zero-order valence-electron chi connectivity index (χ0n) is 10.8. The fourth-order valence-electron chi connectivity index (χ4n) is 1.99. The molecular weight excluding hydrogens is 295 g/mol. The van der Waals surface area contributed by atoms with E-state index in [0.29, 0.717) is 11.1 Å². The van der Waals surface area contributed by atoms with Crippen LogP contribution in [0.3, 0.4) is 0 Å². The molecule has 21 heavy (non-hydrogen) atoms. The third kappa shape index (κ3) is 2.76. The van der Waals surface area contributed by atoms with E-state index < -0.39 is 5.82 Å². The van der Waals surface area contributed by atoms with E-state index in [1.165, 1.54) is 18.4 Å². The highest BCUT2D eigenvalue weighted by Gasteiger charge is 2.14. The van der Waals surface area contributed by atoms with Crippen LogP contribution in [0, 0.1) is 5.82 Å². The number of halogens is 2. The molecule has 0 saturated carbocycles. The highest BCUT2D eigenvalue weighted by molar-refractivity contribution is 6.30. The lowest BCUT2D eigenvalue weighted by molar-refractivity contribution is 0.0922. The normalized spacial score (nSPS) is 10.8. The molecule has 1 aromatic heterocycles. The maximum absolute atomic E-state index is 13.3. The maximum Gasteiger partial charge on any atom is 0.204 e. The molecule has 3 aromatic rings. The van der Waals surface area contributed by atoms with Crippen molar-refractivity contribution in [3.63, 3.8) is 0 Å². The minimum atomic E-state index is -0.588. The summed E-state index contributed by atoms with van der Waals surface area (Å²) < 4.78 is 23.9. The van der Waals surface area contributed by atoms with E-state index >= 15 is 0 Å². The van der Waals surface area contributed by atoms with Gasteiger partial charge in [-0.1, -0.05) is 29.8 Å². The first-order chi connectivity index (χ1) is 10.1. The summed E-state index contributed by atoms with van der Waals surface area (Å²) in [7, 11) is 0. The van der Waals surface area contributed by atoms with Crippen LogP contribution in [0.2, 0.25) is 5.02 Å². The molecule has 0 bridgehead atoms. The highest BCUT2D eigenvalue weighted by Crippen LogP contribution is 2.23. The van der Waals surface area contributed by atoms with Gasteiger partial charge in [-0.05, 0) is 18.2 Å². The van der Waals surface area contributed by atoms with Crippen LogP contribution in [0.4, 0.5) is 4.39 Å². The molecule has 3 rings (SSSR count). The summed E-state index contributed by atoms with van der Waals surface area (Å²) in [6, 6.07) is 11.3. The summed E-state index contributed by atoms with van der Waals surface area (Å²) in [6.07, 6.45) is 1.40. The number of benzene rings is 2. The Morgan fingerprint density at radius 2 is 2.05 bits per heavy atom. The SMILES string of the molecule is O=C(COc1ccc(Cl)c(F)c1)c1coc2ccccc12. The Bertz CT molecular complexity index is 810. The summed E-state index contributed by atoms with van der Waals surface area (Å²) in [6.45, 7) is -0.204. The minimum absolute atomic E-state index is 0.00880. The molecule has 0 spiro atoms. The predicted molar refractivity (Wildman–Crippen MR) is 77.4 cm³/mol. The Kier molecular flexibility index (Phi) is 3.62. The molecular formula is C16H10ClFO3. The van der Waals surface area contributed by atoms with Crippen LogP contribution in [0.5, 0.6) is 5.75 Å². The van der Waals surface area contributed by atoms with Gasteiger partial charge in [-0.3, -0.25) is 4.79 Å². The van der Waals surface area contributed by atoms with Crippen molar-refractivity contribution in [2.45, 2.75) is 0 Å². The van der Waals surface area contributed by atoms with Crippen molar-refractivity contribution in [1.29, 1.82) is 0 Å². The van der Waals surface area contributed by atoms with Crippen molar-refractivity contribution >= 4 is 28.4 Å². The molecule has 0 radical (unpaired) electrons. The van der Waals surface area contributed by atoms with E-state index in [1.807, 2.05) is 12.1 Å². The van der Waals surface area contributed by atoms with E-state index in [1.54, 1.807) is 12.1 Å². The average Bonchev–Trinajstić information content (AvgIpc) is 2.92. The first-order valence-electron chi connectivity index (χ1n) is 6.22. The Labute approximate surface area is 124 Å².